The average Bonchev–Trinajstić information content (AvgIpc) is 3.26. The van der Waals surface area contributed by atoms with Gasteiger partial charge in [-0.2, -0.15) is 10.0 Å². The second kappa shape index (κ2) is 7.64. The minimum atomic E-state index is -1.13. The number of hydrogen-bond donors (Lipinski definition) is 1. The van der Waals surface area contributed by atoms with Crippen molar-refractivity contribution in [3.63, 3.8) is 0 Å². The van der Waals surface area contributed by atoms with Crippen LogP contribution in [0, 0.1) is 0 Å². The molecule has 2 saturated heterocycles. The number of hydrazone groups is 1. The van der Waals surface area contributed by atoms with Crippen molar-refractivity contribution in [3.8, 4) is 0 Å². The molecule has 1 aromatic rings. The van der Waals surface area contributed by atoms with Gasteiger partial charge in [-0.05, 0) is 5.56 Å². The predicted octanol–water partition coefficient (Wildman–Crippen LogP) is 0.482. The van der Waals surface area contributed by atoms with Crippen LogP contribution in [0.3, 0.4) is 0 Å². The monoisotopic (exact) mass is 372 g/mol. The molecule has 140 valence electrons. The first-order valence-corrected chi connectivity index (χ1v) is 8.09. The number of urea groups is 4. The third-order valence-electron chi connectivity index (χ3n) is 3.97. The number of rotatable bonds is 3. The first-order chi connectivity index (χ1) is 13.0. The lowest BCUT2D eigenvalue weighted by atomic mass is 10.2. The molecule has 0 aromatic heterocycles. The maximum atomic E-state index is 12.5. The highest BCUT2D eigenvalue weighted by molar-refractivity contribution is 6.11. The van der Waals surface area contributed by atoms with Crippen molar-refractivity contribution in [2.75, 3.05) is 26.2 Å². The Bertz CT molecular complexity index is 811. The SMILES string of the molecule is O=CN(C(=O)N1CCNC1=O)C(=O)N1CCN(N=Cc2ccccc2)C1=O. The van der Waals surface area contributed by atoms with E-state index in [0.29, 0.717) is 0 Å². The Morgan fingerprint density at radius 1 is 1.04 bits per heavy atom. The molecule has 11 nitrogen and oxygen atoms in total. The summed E-state index contributed by atoms with van der Waals surface area (Å²) in [6.07, 6.45) is 1.45. The highest BCUT2D eigenvalue weighted by Gasteiger charge is 2.40. The quantitative estimate of drug-likeness (QED) is 0.611. The van der Waals surface area contributed by atoms with Gasteiger partial charge in [-0.3, -0.25) is 4.79 Å². The summed E-state index contributed by atoms with van der Waals surface area (Å²) >= 11 is 0. The van der Waals surface area contributed by atoms with Crippen LogP contribution >= 0.6 is 0 Å². The fraction of sp³-hybridized carbons (Fsp3) is 0.250. The fourth-order valence-corrected chi connectivity index (χ4v) is 2.57. The summed E-state index contributed by atoms with van der Waals surface area (Å²) in [6.45, 7) is 0.305. The van der Waals surface area contributed by atoms with Crippen LogP contribution in [0.15, 0.2) is 35.4 Å². The van der Waals surface area contributed by atoms with Crippen LogP contribution in [0.2, 0.25) is 0 Å². The van der Waals surface area contributed by atoms with E-state index in [4.69, 9.17) is 0 Å². The molecule has 1 aromatic carbocycles. The Balaban J connectivity index is 1.68. The van der Waals surface area contributed by atoms with Gasteiger partial charge in [0.25, 0.3) is 0 Å². The molecule has 0 saturated carbocycles. The van der Waals surface area contributed by atoms with Gasteiger partial charge < -0.3 is 5.32 Å². The Kier molecular flexibility index (Phi) is 5.11. The second-order valence-electron chi connectivity index (χ2n) is 5.64. The lowest BCUT2D eigenvalue weighted by Gasteiger charge is -2.23. The number of amides is 9. The van der Waals surface area contributed by atoms with Gasteiger partial charge >= 0.3 is 24.1 Å². The summed E-state index contributed by atoms with van der Waals surface area (Å²) in [6, 6.07) is 5.34. The van der Waals surface area contributed by atoms with Crippen molar-refractivity contribution in [2.24, 2.45) is 5.10 Å². The zero-order valence-corrected chi connectivity index (χ0v) is 14.1. The molecule has 1 N–H and O–H groups in total. The molecule has 11 heteroatoms. The summed E-state index contributed by atoms with van der Waals surface area (Å²) in [7, 11) is 0. The summed E-state index contributed by atoms with van der Waals surface area (Å²) in [5.74, 6) is 0. The van der Waals surface area contributed by atoms with Gasteiger partial charge in [0.1, 0.15) is 0 Å². The van der Waals surface area contributed by atoms with Crippen LogP contribution in [-0.2, 0) is 4.79 Å². The minimum Gasteiger partial charge on any atom is -0.336 e. The van der Waals surface area contributed by atoms with Gasteiger partial charge in [0.15, 0.2) is 0 Å². The van der Waals surface area contributed by atoms with Crippen LogP contribution < -0.4 is 5.32 Å². The van der Waals surface area contributed by atoms with Gasteiger partial charge in [-0.25, -0.2) is 34.0 Å². The standard InChI is InChI=1S/C16H16N6O5/c23-11-21(14(25)19-7-6-17-13(19)24)15(26)20-8-9-22(16(20)27)18-10-12-4-2-1-3-5-12/h1-5,10-11H,6-9H2,(H,17,24). The van der Waals surface area contributed by atoms with E-state index in [1.807, 2.05) is 18.2 Å². The first-order valence-electron chi connectivity index (χ1n) is 8.09. The second-order valence-corrected chi connectivity index (χ2v) is 5.64. The predicted molar refractivity (Wildman–Crippen MR) is 91.6 cm³/mol. The summed E-state index contributed by atoms with van der Waals surface area (Å²) in [5, 5.41) is 7.47. The molecule has 0 unspecified atom stereocenters. The Hall–Kier alpha value is -3.76. The Labute approximate surface area is 153 Å². The number of imide groups is 5. The molecule has 2 aliphatic heterocycles. The molecule has 0 spiro atoms. The highest BCUT2D eigenvalue weighted by Crippen LogP contribution is 2.13. The van der Waals surface area contributed by atoms with E-state index < -0.39 is 24.1 Å². The van der Waals surface area contributed by atoms with Crippen molar-refractivity contribution in [1.29, 1.82) is 0 Å². The molecule has 2 aliphatic rings. The summed E-state index contributed by atoms with van der Waals surface area (Å²) < 4.78 is 0. The van der Waals surface area contributed by atoms with Crippen molar-refractivity contribution in [3.05, 3.63) is 35.9 Å². The van der Waals surface area contributed by atoms with Crippen LogP contribution in [0.4, 0.5) is 19.2 Å². The van der Waals surface area contributed by atoms with E-state index in [9.17, 15) is 24.0 Å². The molecule has 0 radical (unpaired) electrons. The number of nitrogens with zero attached hydrogens (tertiary/aromatic N) is 5. The highest BCUT2D eigenvalue weighted by atomic mass is 16.2. The Morgan fingerprint density at radius 3 is 2.37 bits per heavy atom. The zero-order valence-electron chi connectivity index (χ0n) is 14.1. The third-order valence-corrected chi connectivity index (χ3v) is 3.97. The zero-order chi connectivity index (χ0) is 19.4. The van der Waals surface area contributed by atoms with Crippen molar-refractivity contribution in [2.45, 2.75) is 0 Å². The number of hydrogen-bond acceptors (Lipinski definition) is 6. The van der Waals surface area contributed by atoms with Crippen LogP contribution in [0.1, 0.15) is 5.56 Å². The topological polar surface area (TPSA) is 123 Å². The van der Waals surface area contributed by atoms with E-state index in [1.165, 1.54) is 6.21 Å². The average molecular weight is 372 g/mol. The third kappa shape index (κ3) is 3.61. The molecule has 2 heterocycles. The molecule has 2 fully saturated rings. The van der Waals surface area contributed by atoms with E-state index in [-0.39, 0.29) is 37.5 Å². The Morgan fingerprint density at radius 2 is 1.74 bits per heavy atom. The number of benzene rings is 1. The molecular formula is C16H16N6O5. The lowest BCUT2D eigenvalue weighted by molar-refractivity contribution is -0.114. The van der Waals surface area contributed by atoms with E-state index in [0.717, 1.165) is 20.4 Å². The van der Waals surface area contributed by atoms with Gasteiger partial charge in [-0.1, -0.05) is 30.3 Å². The van der Waals surface area contributed by atoms with Crippen LogP contribution in [0.25, 0.3) is 0 Å². The van der Waals surface area contributed by atoms with Gasteiger partial charge in [0.2, 0.25) is 6.41 Å². The molecule has 0 bridgehead atoms. The number of carbonyl (C=O) groups excluding carboxylic acids is 5. The fourth-order valence-electron chi connectivity index (χ4n) is 2.57. The summed E-state index contributed by atoms with van der Waals surface area (Å²) in [5.41, 5.74) is 0.764. The maximum Gasteiger partial charge on any atom is 0.348 e. The van der Waals surface area contributed by atoms with E-state index >= 15 is 0 Å². The molecule has 9 amide bonds. The first kappa shape index (κ1) is 18.0. The number of nitrogens with one attached hydrogen (secondary N) is 1. The van der Waals surface area contributed by atoms with E-state index in [2.05, 4.69) is 10.4 Å². The van der Waals surface area contributed by atoms with E-state index in [1.54, 1.807) is 12.1 Å². The van der Waals surface area contributed by atoms with Gasteiger partial charge in [0.05, 0.1) is 19.3 Å². The normalized spacial score (nSPS) is 16.8. The minimum absolute atomic E-state index is 0.0144. The molecular weight excluding hydrogens is 356 g/mol. The van der Waals surface area contributed by atoms with Crippen molar-refractivity contribution >= 4 is 36.7 Å². The largest absolute Gasteiger partial charge is 0.348 e. The lowest BCUT2D eigenvalue weighted by Crippen LogP contribution is -2.52. The van der Waals surface area contributed by atoms with Crippen LogP contribution in [0.5, 0.6) is 0 Å². The maximum absolute atomic E-state index is 12.5. The molecule has 0 atom stereocenters. The van der Waals surface area contributed by atoms with Gasteiger partial charge in [0, 0.05) is 13.1 Å². The molecule has 27 heavy (non-hydrogen) atoms. The summed E-state index contributed by atoms with van der Waals surface area (Å²) in [4.78, 5) is 61.5. The molecule has 3 rings (SSSR count). The smallest absolute Gasteiger partial charge is 0.336 e. The van der Waals surface area contributed by atoms with Crippen molar-refractivity contribution < 1.29 is 24.0 Å². The molecule has 0 aliphatic carbocycles. The van der Waals surface area contributed by atoms with Crippen molar-refractivity contribution in [1.82, 2.24) is 25.0 Å². The van der Waals surface area contributed by atoms with Gasteiger partial charge in [-0.15, -0.1) is 0 Å². The van der Waals surface area contributed by atoms with Crippen LogP contribution in [-0.4, -0.2) is 82.6 Å². The number of carbonyl (C=O) groups is 5.